The Balaban J connectivity index is 2.09. The Hall–Kier alpha value is -1.35. The number of hydrogen-bond donors (Lipinski definition) is 1. The largest absolute Gasteiger partial charge is 0.340 e. The molecule has 1 unspecified atom stereocenters. The maximum absolute atomic E-state index is 11.5. The molecule has 0 spiro atoms. The van der Waals surface area contributed by atoms with Crippen LogP contribution >= 0.6 is 0 Å². The summed E-state index contributed by atoms with van der Waals surface area (Å²) in [6.45, 7) is 3.48. The van der Waals surface area contributed by atoms with Crippen molar-refractivity contribution in [3.05, 3.63) is 35.4 Å². The fourth-order valence-corrected chi connectivity index (χ4v) is 2.11. The SMILES string of the molecule is Cc1ccccc1CC1CNCC(=O)N1C. The second kappa shape index (κ2) is 4.66. The summed E-state index contributed by atoms with van der Waals surface area (Å²) in [7, 11) is 1.89. The number of nitrogens with one attached hydrogen (secondary N) is 1. The highest BCUT2D eigenvalue weighted by Crippen LogP contribution is 2.13. The zero-order chi connectivity index (χ0) is 11.5. The molecule has 1 atom stereocenters. The highest BCUT2D eigenvalue weighted by atomic mass is 16.2. The Morgan fingerprint density at radius 2 is 2.19 bits per heavy atom. The van der Waals surface area contributed by atoms with Crippen molar-refractivity contribution in [2.24, 2.45) is 0 Å². The second-order valence-corrected chi connectivity index (χ2v) is 4.42. The molecule has 1 aliphatic rings. The summed E-state index contributed by atoms with van der Waals surface area (Å²) in [5.41, 5.74) is 2.63. The number of aryl methyl sites for hydroxylation is 1. The number of nitrogens with zero attached hydrogens (tertiary/aromatic N) is 1. The average Bonchev–Trinajstić information content (AvgIpc) is 2.28. The standard InChI is InChI=1S/C13H18N2O/c1-10-5-3-4-6-11(10)7-12-8-14-9-13(16)15(12)2/h3-6,12,14H,7-9H2,1-2H3. The molecule has 1 amide bonds. The van der Waals surface area contributed by atoms with Crippen molar-refractivity contribution in [2.75, 3.05) is 20.1 Å². The Morgan fingerprint density at radius 3 is 2.94 bits per heavy atom. The number of likely N-dealkylation sites (N-methyl/N-ethyl adjacent to an activating group) is 1. The van der Waals surface area contributed by atoms with Crippen molar-refractivity contribution in [1.82, 2.24) is 10.2 Å². The van der Waals surface area contributed by atoms with Crippen molar-refractivity contribution < 1.29 is 4.79 Å². The minimum atomic E-state index is 0.185. The number of carbonyl (C=O) groups excluding carboxylic acids is 1. The van der Waals surface area contributed by atoms with Gasteiger partial charge in [-0.25, -0.2) is 0 Å². The smallest absolute Gasteiger partial charge is 0.236 e. The molecule has 16 heavy (non-hydrogen) atoms. The number of piperazine rings is 1. The molecule has 2 rings (SSSR count). The zero-order valence-electron chi connectivity index (χ0n) is 9.86. The van der Waals surface area contributed by atoms with E-state index in [-0.39, 0.29) is 11.9 Å². The molecule has 3 nitrogen and oxygen atoms in total. The lowest BCUT2D eigenvalue weighted by molar-refractivity contribution is -0.133. The molecule has 0 aliphatic carbocycles. The maximum atomic E-state index is 11.5. The fourth-order valence-electron chi connectivity index (χ4n) is 2.11. The molecule has 1 aromatic carbocycles. The van der Waals surface area contributed by atoms with E-state index in [1.165, 1.54) is 11.1 Å². The lowest BCUT2D eigenvalue weighted by Gasteiger charge is -2.33. The van der Waals surface area contributed by atoms with Crippen LogP contribution in [0.5, 0.6) is 0 Å². The van der Waals surface area contributed by atoms with Crippen LogP contribution in [0.4, 0.5) is 0 Å². The zero-order valence-corrected chi connectivity index (χ0v) is 9.86. The van der Waals surface area contributed by atoms with Gasteiger partial charge in [-0.1, -0.05) is 24.3 Å². The molecule has 1 aromatic rings. The molecule has 0 saturated carbocycles. The quantitative estimate of drug-likeness (QED) is 0.802. The van der Waals surface area contributed by atoms with Crippen LogP contribution in [0.1, 0.15) is 11.1 Å². The van der Waals surface area contributed by atoms with Gasteiger partial charge >= 0.3 is 0 Å². The summed E-state index contributed by atoms with van der Waals surface area (Å²) in [4.78, 5) is 13.4. The first-order chi connectivity index (χ1) is 7.68. The number of carbonyl (C=O) groups is 1. The number of benzene rings is 1. The van der Waals surface area contributed by atoms with Gasteiger partial charge in [0.15, 0.2) is 0 Å². The van der Waals surface area contributed by atoms with Crippen LogP contribution in [-0.2, 0) is 11.2 Å². The van der Waals surface area contributed by atoms with E-state index in [2.05, 4.69) is 30.4 Å². The molecule has 1 fully saturated rings. The predicted molar refractivity (Wildman–Crippen MR) is 64.3 cm³/mol. The maximum Gasteiger partial charge on any atom is 0.236 e. The normalized spacial score (nSPS) is 21.2. The fraction of sp³-hybridized carbons (Fsp3) is 0.462. The third kappa shape index (κ3) is 2.25. The molecule has 86 valence electrons. The Kier molecular flexibility index (Phi) is 3.25. The second-order valence-electron chi connectivity index (χ2n) is 4.42. The van der Waals surface area contributed by atoms with Gasteiger partial charge in [0.1, 0.15) is 0 Å². The van der Waals surface area contributed by atoms with E-state index in [9.17, 15) is 4.79 Å². The number of rotatable bonds is 2. The Morgan fingerprint density at radius 1 is 1.44 bits per heavy atom. The Labute approximate surface area is 96.5 Å². The van der Waals surface area contributed by atoms with E-state index < -0.39 is 0 Å². The first-order valence-corrected chi connectivity index (χ1v) is 5.69. The van der Waals surface area contributed by atoms with E-state index in [0.717, 1.165) is 13.0 Å². The topological polar surface area (TPSA) is 32.3 Å². The van der Waals surface area contributed by atoms with Crippen molar-refractivity contribution in [1.29, 1.82) is 0 Å². The highest BCUT2D eigenvalue weighted by Gasteiger charge is 2.24. The molecule has 0 radical (unpaired) electrons. The predicted octanol–water partition coefficient (Wildman–Crippen LogP) is 0.968. The van der Waals surface area contributed by atoms with Crippen LogP contribution in [-0.4, -0.2) is 37.0 Å². The van der Waals surface area contributed by atoms with Crippen LogP contribution in [0.2, 0.25) is 0 Å². The monoisotopic (exact) mass is 218 g/mol. The van der Waals surface area contributed by atoms with Gasteiger partial charge < -0.3 is 10.2 Å². The minimum Gasteiger partial charge on any atom is -0.340 e. The third-order valence-electron chi connectivity index (χ3n) is 3.31. The van der Waals surface area contributed by atoms with E-state index >= 15 is 0 Å². The molecule has 0 bridgehead atoms. The van der Waals surface area contributed by atoms with E-state index in [4.69, 9.17) is 0 Å². The van der Waals surface area contributed by atoms with Crippen molar-refractivity contribution in [3.63, 3.8) is 0 Å². The van der Waals surface area contributed by atoms with Crippen LogP contribution in [0, 0.1) is 6.92 Å². The minimum absolute atomic E-state index is 0.185. The molecule has 0 aromatic heterocycles. The van der Waals surface area contributed by atoms with Crippen molar-refractivity contribution >= 4 is 5.91 Å². The highest BCUT2D eigenvalue weighted by molar-refractivity contribution is 5.79. The Bertz CT molecular complexity index is 389. The lowest BCUT2D eigenvalue weighted by atomic mass is 9.99. The van der Waals surface area contributed by atoms with Gasteiger partial charge in [-0.3, -0.25) is 4.79 Å². The number of amides is 1. The summed E-state index contributed by atoms with van der Waals surface area (Å²) in [6.07, 6.45) is 0.932. The summed E-state index contributed by atoms with van der Waals surface area (Å²) in [6, 6.07) is 8.64. The van der Waals surface area contributed by atoms with Crippen molar-refractivity contribution in [2.45, 2.75) is 19.4 Å². The summed E-state index contributed by atoms with van der Waals surface area (Å²) < 4.78 is 0. The first kappa shape index (κ1) is 11.1. The molecule has 3 heteroatoms. The van der Waals surface area contributed by atoms with E-state index in [1.54, 1.807) is 0 Å². The average molecular weight is 218 g/mol. The summed E-state index contributed by atoms with van der Waals surface area (Å²) >= 11 is 0. The first-order valence-electron chi connectivity index (χ1n) is 5.69. The van der Waals surface area contributed by atoms with Crippen LogP contribution in [0.15, 0.2) is 24.3 Å². The summed E-state index contributed by atoms with van der Waals surface area (Å²) in [5, 5.41) is 3.16. The van der Waals surface area contributed by atoms with Gasteiger partial charge in [0, 0.05) is 19.6 Å². The van der Waals surface area contributed by atoms with Gasteiger partial charge in [0.2, 0.25) is 5.91 Å². The van der Waals surface area contributed by atoms with Gasteiger partial charge in [-0.15, -0.1) is 0 Å². The molecular formula is C13H18N2O. The van der Waals surface area contributed by atoms with Crippen LogP contribution in [0.3, 0.4) is 0 Å². The summed E-state index contributed by atoms with van der Waals surface area (Å²) in [5.74, 6) is 0.185. The lowest BCUT2D eigenvalue weighted by Crippen LogP contribution is -2.53. The van der Waals surface area contributed by atoms with Gasteiger partial charge in [0.05, 0.1) is 6.54 Å². The van der Waals surface area contributed by atoms with Gasteiger partial charge in [-0.2, -0.15) is 0 Å². The number of hydrogen-bond acceptors (Lipinski definition) is 2. The molecule has 1 saturated heterocycles. The molecular weight excluding hydrogens is 200 g/mol. The van der Waals surface area contributed by atoms with E-state index in [1.807, 2.05) is 18.0 Å². The molecule has 1 N–H and O–H groups in total. The van der Waals surface area contributed by atoms with Crippen LogP contribution < -0.4 is 5.32 Å². The van der Waals surface area contributed by atoms with Crippen molar-refractivity contribution in [3.8, 4) is 0 Å². The molecule has 1 aliphatic heterocycles. The van der Waals surface area contributed by atoms with Crippen LogP contribution in [0.25, 0.3) is 0 Å². The van der Waals surface area contributed by atoms with E-state index in [0.29, 0.717) is 6.54 Å². The molecule has 1 heterocycles. The van der Waals surface area contributed by atoms with Gasteiger partial charge in [0.25, 0.3) is 0 Å². The third-order valence-corrected chi connectivity index (χ3v) is 3.31. The van der Waals surface area contributed by atoms with Gasteiger partial charge in [-0.05, 0) is 24.5 Å².